The van der Waals surface area contributed by atoms with Crippen LogP contribution in [0.1, 0.15) is 54.4 Å². The zero-order valence-electron chi connectivity index (χ0n) is 29.1. The number of nitrogens with zero attached hydrogens (tertiary/aromatic N) is 1. The quantitative estimate of drug-likeness (QED) is 0.0479. The molecule has 1 fully saturated rings. The highest BCUT2D eigenvalue weighted by Gasteiger charge is 2.33. The lowest BCUT2D eigenvalue weighted by Gasteiger charge is -2.14. The van der Waals surface area contributed by atoms with Crippen molar-refractivity contribution in [2.45, 2.75) is 66.5 Å². The van der Waals surface area contributed by atoms with Gasteiger partial charge in [0.2, 0.25) is 20.4 Å². The Balaban J connectivity index is 0. The van der Waals surface area contributed by atoms with Crippen LogP contribution in [0.25, 0.3) is 0 Å². The molecule has 0 bridgehead atoms. The summed E-state index contributed by atoms with van der Waals surface area (Å²) in [7, 11) is 0. The summed E-state index contributed by atoms with van der Waals surface area (Å²) in [5.74, 6) is -6.67. The first-order chi connectivity index (χ1) is 24.1. The Kier molecular flexibility index (Phi) is 25.5. The fourth-order valence-electron chi connectivity index (χ4n) is 2.30. The molecular weight excluding hydrogens is 746 g/mol. The van der Waals surface area contributed by atoms with Gasteiger partial charge in [-0.15, -0.1) is 0 Å². The second-order valence-electron chi connectivity index (χ2n) is 10.6. The van der Waals surface area contributed by atoms with E-state index in [1.54, 1.807) is 41.5 Å². The molecule has 3 amide bonds. The second-order valence-corrected chi connectivity index (χ2v) is 11.9. The van der Waals surface area contributed by atoms with Crippen LogP contribution in [0.4, 0.5) is 14.4 Å². The van der Waals surface area contributed by atoms with Gasteiger partial charge >= 0.3 is 47.4 Å². The van der Waals surface area contributed by atoms with E-state index in [1.165, 1.54) is 0 Å². The number of carboxylic acids is 2. The van der Waals surface area contributed by atoms with Gasteiger partial charge < -0.3 is 49.7 Å². The van der Waals surface area contributed by atoms with Gasteiger partial charge in [-0.2, -0.15) is 12.6 Å². The first-order valence-electron chi connectivity index (χ1n) is 14.9. The van der Waals surface area contributed by atoms with E-state index in [0.29, 0.717) is 16.8 Å². The highest BCUT2D eigenvalue weighted by Crippen LogP contribution is 2.13. The minimum atomic E-state index is -1.46. The molecule has 1 rings (SSSR count). The molecule has 0 saturated carbocycles. The molecule has 1 aliphatic rings. The van der Waals surface area contributed by atoms with Gasteiger partial charge in [-0.3, -0.25) is 33.6 Å². The molecular formula is C28H43N3O19S2. The van der Waals surface area contributed by atoms with Crippen molar-refractivity contribution < 1.29 is 91.4 Å². The summed E-state index contributed by atoms with van der Waals surface area (Å²) in [6.07, 6.45) is -2.43. The van der Waals surface area contributed by atoms with E-state index in [1.807, 2.05) is 5.32 Å². The van der Waals surface area contributed by atoms with Crippen LogP contribution >= 0.6 is 24.4 Å². The topological polar surface area (TPSA) is 317 Å². The molecule has 0 aromatic rings. The van der Waals surface area contributed by atoms with Crippen molar-refractivity contribution >= 4 is 83.6 Å². The third-order valence-electron chi connectivity index (χ3n) is 5.20. The van der Waals surface area contributed by atoms with Crippen LogP contribution in [0.5, 0.6) is 0 Å². The number of ether oxygens (including phenoxy) is 6. The van der Waals surface area contributed by atoms with Gasteiger partial charge in [0, 0.05) is 24.3 Å². The van der Waals surface area contributed by atoms with Crippen LogP contribution in [0, 0.1) is 17.8 Å². The van der Waals surface area contributed by atoms with Crippen LogP contribution < -0.4 is 11.1 Å². The van der Waals surface area contributed by atoms with Crippen LogP contribution in [0.2, 0.25) is 0 Å². The number of carbonyl (C=O) groups excluding carboxylic acids is 8. The number of amides is 3. The lowest BCUT2D eigenvalue weighted by molar-refractivity contribution is -0.183. The van der Waals surface area contributed by atoms with Gasteiger partial charge in [0.15, 0.2) is 0 Å². The van der Waals surface area contributed by atoms with Crippen molar-refractivity contribution in [1.82, 2.24) is 10.4 Å². The van der Waals surface area contributed by atoms with Crippen molar-refractivity contribution in [3.63, 3.8) is 0 Å². The number of hydroxylamine groups is 2. The van der Waals surface area contributed by atoms with Gasteiger partial charge in [0.1, 0.15) is 12.1 Å². The summed E-state index contributed by atoms with van der Waals surface area (Å²) in [5, 5.41) is 18.5. The van der Waals surface area contributed by atoms with Gasteiger partial charge in [0.25, 0.3) is 11.8 Å². The van der Waals surface area contributed by atoms with Crippen molar-refractivity contribution in [3.05, 3.63) is 0 Å². The smallest absolute Gasteiger partial charge is 0.480 e. The Hall–Kier alpha value is -4.84. The Bertz CT molecular complexity index is 1240. The van der Waals surface area contributed by atoms with Crippen molar-refractivity contribution in [1.29, 1.82) is 0 Å². The average Bonchev–Trinajstić information content (AvgIpc) is 3.38. The normalized spacial score (nSPS) is 12.9. The second kappa shape index (κ2) is 26.9. The average molecular weight is 790 g/mol. The number of rotatable bonds is 16. The number of hydrogen-bond acceptors (Lipinski definition) is 20. The van der Waals surface area contributed by atoms with E-state index < -0.39 is 97.6 Å². The predicted molar refractivity (Wildman–Crippen MR) is 175 cm³/mol. The first-order valence-corrected chi connectivity index (χ1v) is 16.5. The van der Waals surface area contributed by atoms with E-state index in [2.05, 4.69) is 45.9 Å². The number of hydrogen-bond donors (Lipinski definition) is 5. The van der Waals surface area contributed by atoms with Crippen molar-refractivity contribution in [2.75, 3.05) is 31.9 Å². The number of thioether (sulfide) groups is 1. The Morgan fingerprint density at radius 3 is 1.52 bits per heavy atom. The number of esters is 3. The van der Waals surface area contributed by atoms with E-state index in [9.17, 15) is 47.9 Å². The summed E-state index contributed by atoms with van der Waals surface area (Å²) in [5.41, 5.74) is 4.94. The number of thiol groups is 1. The monoisotopic (exact) mass is 789 g/mol. The van der Waals surface area contributed by atoms with Gasteiger partial charge in [-0.25, -0.2) is 19.2 Å². The number of imide groups is 1. The maximum atomic E-state index is 11.5. The Morgan fingerprint density at radius 1 is 0.731 bits per heavy atom. The molecule has 2 atom stereocenters. The molecule has 24 heteroatoms. The molecule has 0 spiro atoms. The minimum Gasteiger partial charge on any atom is -0.480 e. The first kappa shape index (κ1) is 49.3. The molecule has 1 aliphatic heterocycles. The number of alkyl carbamates (subject to hydrolysis) is 1. The lowest BCUT2D eigenvalue weighted by atomic mass is 10.2. The van der Waals surface area contributed by atoms with Gasteiger partial charge in [0.05, 0.1) is 17.8 Å². The lowest BCUT2D eigenvalue weighted by Crippen LogP contribution is -2.43. The third-order valence-corrected chi connectivity index (χ3v) is 6.45. The van der Waals surface area contributed by atoms with Crippen LogP contribution in [0.3, 0.4) is 0 Å². The highest BCUT2D eigenvalue weighted by molar-refractivity contribution is 8.13. The molecule has 1 heterocycles. The number of aliphatic carboxylic acids is 2. The molecule has 5 N–H and O–H groups in total. The fourth-order valence-corrected chi connectivity index (χ4v) is 3.12. The largest absolute Gasteiger partial charge is 0.536 e. The molecule has 22 nitrogen and oxygen atoms in total. The van der Waals surface area contributed by atoms with Crippen molar-refractivity contribution in [2.24, 2.45) is 23.5 Å². The maximum absolute atomic E-state index is 11.5. The van der Waals surface area contributed by atoms with Gasteiger partial charge in [-0.05, 0) is 11.8 Å². The summed E-state index contributed by atoms with van der Waals surface area (Å²) < 4.78 is 27.3. The molecule has 0 unspecified atom stereocenters. The van der Waals surface area contributed by atoms with Gasteiger partial charge in [-0.1, -0.05) is 46.6 Å². The summed E-state index contributed by atoms with van der Waals surface area (Å²) >= 11 is 4.11. The molecule has 296 valence electrons. The zero-order chi connectivity index (χ0) is 40.6. The predicted octanol–water partition coefficient (Wildman–Crippen LogP) is 1.04. The molecule has 52 heavy (non-hydrogen) atoms. The van der Waals surface area contributed by atoms with Crippen molar-refractivity contribution in [3.8, 4) is 0 Å². The van der Waals surface area contributed by atoms with Crippen LogP contribution in [-0.2, 0) is 66.8 Å². The number of nitrogens with one attached hydrogen (secondary N) is 1. The Labute approximate surface area is 306 Å². The van der Waals surface area contributed by atoms with Crippen LogP contribution in [0.15, 0.2) is 0 Å². The van der Waals surface area contributed by atoms with E-state index in [-0.39, 0.29) is 36.2 Å². The third kappa shape index (κ3) is 23.5. The van der Waals surface area contributed by atoms with E-state index in [4.69, 9.17) is 15.9 Å². The number of carboxylic acid groups (broad SMARTS) is 2. The van der Waals surface area contributed by atoms with E-state index >= 15 is 0 Å². The fraction of sp³-hybridized carbons (Fsp3) is 0.643. The summed E-state index contributed by atoms with van der Waals surface area (Å²) in [6, 6.07) is -2.28. The van der Waals surface area contributed by atoms with Crippen LogP contribution in [-0.4, -0.2) is 118 Å². The highest BCUT2D eigenvalue weighted by atomic mass is 32.2. The SMILES string of the molecule is CC(C)C(=O)OCOC(=O)N[C@H](CSC(=O)OCOC(=O)C(C)C)C(=O)O.CC(C)C(=O)OCOC(=O)ON1C(=O)CCC1=O.N[C@H](CS)C(=O)O. The minimum absolute atomic E-state index is 0.00551. The molecule has 0 aromatic carbocycles. The zero-order valence-corrected chi connectivity index (χ0v) is 30.8. The molecule has 0 aliphatic carbocycles. The maximum Gasteiger partial charge on any atom is 0.536 e. The number of nitrogens with two attached hydrogens (primary N) is 1. The number of carbonyl (C=O) groups is 10. The molecule has 0 radical (unpaired) electrons. The summed E-state index contributed by atoms with van der Waals surface area (Å²) in [4.78, 5) is 115. The van der Waals surface area contributed by atoms with E-state index in [0.717, 1.165) is 0 Å². The molecule has 0 aromatic heterocycles. The standard InChI is InChI=1S/C15H23NO10S.C10H13NO7.C3H7NO2S/c1-8(2)12(19)23-6-25-14(21)16-10(11(17)18)5-27-15(22)26-7-24-13(20)9(3)4;1-6(2)9(14)16-5-17-10(15)18-11-7(12)3-4-8(11)13;4-2(1-7)3(5)6/h8-10H,5-7H2,1-4H3,(H,16,21)(H,17,18);6H,3-5H2,1-2H3;2,7H,1,4H2,(H,5,6)/t10-;;2-/m1.1/s1. The Morgan fingerprint density at radius 2 is 1.15 bits per heavy atom. The molecule has 1 saturated heterocycles. The summed E-state index contributed by atoms with van der Waals surface area (Å²) in [6.45, 7) is 7.70.